The number of carbonyl (C=O) groups is 1. The van der Waals surface area contributed by atoms with Crippen molar-refractivity contribution < 1.29 is 9.32 Å². The van der Waals surface area contributed by atoms with Crippen LogP contribution in [0.15, 0.2) is 33.9 Å². The number of thiazole rings is 1. The van der Waals surface area contributed by atoms with Crippen molar-refractivity contribution in [1.82, 2.24) is 10.1 Å². The Bertz CT molecular complexity index is 1080. The molecule has 0 aliphatic carbocycles. The summed E-state index contributed by atoms with van der Waals surface area (Å²) in [7, 11) is 0. The maximum Gasteiger partial charge on any atom is 0.267 e. The second-order valence-electron chi connectivity index (χ2n) is 7.82. The van der Waals surface area contributed by atoms with E-state index in [1.54, 1.807) is 12.3 Å². The molecule has 0 radical (unpaired) electrons. The van der Waals surface area contributed by atoms with Crippen LogP contribution in [0.2, 0.25) is 0 Å². The van der Waals surface area contributed by atoms with E-state index in [1.807, 2.05) is 46.8 Å². The minimum atomic E-state index is -0.268. The molecule has 0 saturated heterocycles. The number of nitrogens with one attached hydrogen (secondary N) is 2. The molecule has 1 amide bonds. The highest BCUT2D eigenvalue weighted by Gasteiger charge is 2.20. The summed E-state index contributed by atoms with van der Waals surface area (Å²) in [6, 6.07) is 5.50. The van der Waals surface area contributed by atoms with Gasteiger partial charge in [0, 0.05) is 35.5 Å². The minimum Gasteiger partial charge on any atom is -0.398 e. The van der Waals surface area contributed by atoms with Crippen molar-refractivity contribution >= 4 is 45.8 Å². The highest BCUT2D eigenvalue weighted by molar-refractivity contribution is 7.17. The normalized spacial score (nSPS) is 11.8. The van der Waals surface area contributed by atoms with Gasteiger partial charge in [0.15, 0.2) is 10.9 Å². The number of nitrogens with two attached hydrogens (primary N) is 1. The average molecular weight is 427 g/mol. The van der Waals surface area contributed by atoms with Crippen LogP contribution < -0.4 is 16.4 Å². The van der Waals surface area contributed by atoms with Gasteiger partial charge in [0.25, 0.3) is 5.91 Å². The number of aliphatic imine (C=N–C) groups is 1. The number of nitrogens with zero attached hydrogens (tertiary/aromatic N) is 3. The van der Waals surface area contributed by atoms with Gasteiger partial charge in [0.2, 0.25) is 0 Å². The highest BCUT2D eigenvalue weighted by Crippen LogP contribution is 2.29. The van der Waals surface area contributed by atoms with E-state index in [0.717, 1.165) is 11.3 Å². The predicted octanol–water partition coefficient (Wildman–Crippen LogP) is 4.75. The quantitative estimate of drug-likeness (QED) is 0.386. The van der Waals surface area contributed by atoms with Crippen LogP contribution in [0, 0.1) is 6.92 Å². The SMILES string of the molecule is CCN=Cc1c(N)ccc(C)c1NC(=O)c1cnc(Nc2cc(C(C)(C)C)on2)s1. The lowest BCUT2D eigenvalue weighted by atomic mass is 9.93. The Labute approximate surface area is 179 Å². The molecule has 30 heavy (non-hydrogen) atoms. The van der Waals surface area contributed by atoms with Gasteiger partial charge in [-0.1, -0.05) is 43.3 Å². The smallest absolute Gasteiger partial charge is 0.267 e. The number of hydrogen-bond donors (Lipinski definition) is 3. The first kappa shape index (κ1) is 21.5. The summed E-state index contributed by atoms with van der Waals surface area (Å²) in [5.74, 6) is 1.04. The molecular formula is C21H26N6O2S. The van der Waals surface area contributed by atoms with Gasteiger partial charge in [0.1, 0.15) is 10.6 Å². The second-order valence-corrected chi connectivity index (χ2v) is 8.85. The van der Waals surface area contributed by atoms with Gasteiger partial charge in [-0.2, -0.15) is 0 Å². The first-order valence-corrected chi connectivity index (χ1v) is 10.4. The zero-order valence-electron chi connectivity index (χ0n) is 17.7. The molecule has 1 aromatic carbocycles. The standard InChI is InChI=1S/C21H26N6O2S/c1-6-23-10-13-14(22)8-7-12(2)18(13)26-19(28)15-11-24-20(30-15)25-17-9-16(29-27-17)21(3,4)5/h7-11H,6,22H2,1-5H3,(H,26,28)(H,24,25,27). The summed E-state index contributed by atoms with van der Waals surface area (Å²) < 4.78 is 5.37. The van der Waals surface area contributed by atoms with E-state index in [0.29, 0.717) is 39.3 Å². The van der Waals surface area contributed by atoms with Crippen molar-refractivity contribution in [3.8, 4) is 0 Å². The van der Waals surface area contributed by atoms with Crippen LogP contribution in [0.1, 0.15) is 54.3 Å². The van der Waals surface area contributed by atoms with Crippen LogP contribution in [0.3, 0.4) is 0 Å². The Morgan fingerprint density at radius 2 is 2.13 bits per heavy atom. The van der Waals surface area contributed by atoms with Crippen molar-refractivity contribution in [2.24, 2.45) is 4.99 Å². The molecular weight excluding hydrogens is 400 g/mol. The number of hydrogen-bond acceptors (Lipinski definition) is 8. The fourth-order valence-corrected chi connectivity index (χ4v) is 3.36. The third-order valence-corrected chi connectivity index (χ3v) is 5.25. The van der Waals surface area contributed by atoms with Crippen molar-refractivity contribution in [3.63, 3.8) is 0 Å². The van der Waals surface area contributed by atoms with E-state index >= 15 is 0 Å². The maximum atomic E-state index is 12.8. The van der Waals surface area contributed by atoms with Crippen LogP contribution in [0.5, 0.6) is 0 Å². The number of benzene rings is 1. The third-order valence-electron chi connectivity index (χ3n) is 4.34. The summed E-state index contributed by atoms with van der Waals surface area (Å²) in [5.41, 5.74) is 8.74. The number of anilines is 4. The molecule has 4 N–H and O–H groups in total. The van der Waals surface area contributed by atoms with E-state index in [9.17, 15) is 4.79 Å². The molecule has 9 heteroatoms. The van der Waals surface area contributed by atoms with Crippen molar-refractivity contribution in [2.75, 3.05) is 22.9 Å². The maximum absolute atomic E-state index is 12.8. The Hall–Kier alpha value is -3.20. The fourth-order valence-electron chi connectivity index (χ4n) is 2.64. The molecule has 3 aromatic rings. The third kappa shape index (κ3) is 4.85. The second kappa shape index (κ2) is 8.66. The first-order valence-electron chi connectivity index (χ1n) is 9.59. The number of amides is 1. The largest absolute Gasteiger partial charge is 0.398 e. The lowest BCUT2D eigenvalue weighted by Crippen LogP contribution is -2.14. The van der Waals surface area contributed by atoms with Gasteiger partial charge >= 0.3 is 0 Å². The lowest BCUT2D eigenvalue weighted by molar-refractivity contribution is 0.103. The highest BCUT2D eigenvalue weighted by atomic mass is 32.1. The Morgan fingerprint density at radius 3 is 2.80 bits per heavy atom. The van der Waals surface area contributed by atoms with E-state index in [1.165, 1.54) is 17.5 Å². The van der Waals surface area contributed by atoms with Gasteiger partial charge in [-0.3, -0.25) is 9.79 Å². The fraction of sp³-hybridized carbons (Fsp3) is 0.333. The molecule has 158 valence electrons. The van der Waals surface area contributed by atoms with E-state index in [-0.39, 0.29) is 11.3 Å². The molecule has 0 unspecified atom stereocenters. The molecule has 0 bridgehead atoms. The number of aryl methyl sites for hydroxylation is 1. The Balaban J connectivity index is 1.77. The van der Waals surface area contributed by atoms with Crippen LogP contribution in [-0.2, 0) is 5.41 Å². The molecule has 0 aliphatic rings. The molecule has 0 saturated carbocycles. The van der Waals surface area contributed by atoms with Crippen LogP contribution in [0.25, 0.3) is 0 Å². The van der Waals surface area contributed by atoms with E-state index in [2.05, 4.69) is 25.8 Å². The van der Waals surface area contributed by atoms with Crippen LogP contribution in [-0.4, -0.2) is 28.8 Å². The molecule has 0 aliphatic heterocycles. The average Bonchev–Trinajstić information content (AvgIpc) is 3.34. The topological polar surface area (TPSA) is 118 Å². The molecule has 0 atom stereocenters. The minimum absolute atomic E-state index is 0.144. The Morgan fingerprint density at radius 1 is 1.37 bits per heavy atom. The van der Waals surface area contributed by atoms with Crippen molar-refractivity contribution in [2.45, 2.75) is 40.0 Å². The molecule has 3 rings (SSSR count). The molecule has 2 aromatic heterocycles. The number of aromatic nitrogens is 2. The number of rotatable bonds is 6. The summed E-state index contributed by atoms with van der Waals surface area (Å²) in [6.07, 6.45) is 3.21. The van der Waals surface area contributed by atoms with E-state index in [4.69, 9.17) is 10.3 Å². The molecule has 8 nitrogen and oxygen atoms in total. The zero-order valence-corrected chi connectivity index (χ0v) is 18.6. The van der Waals surface area contributed by atoms with Crippen molar-refractivity contribution in [3.05, 3.63) is 46.2 Å². The zero-order chi connectivity index (χ0) is 21.9. The monoisotopic (exact) mass is 426 g/mol. The number of carbonyl (C=O) groups excluding carboxylic acids is 1. The first-order chi connectivity index (χ1) is 14.2. The van der Waals surface area contributed by atoms with Crippen LogP contribution in [0.4, 0.5) is 22.3 Å². The molecule has 2 heterocycles. The molecule has 0 spiro atoms. The summed E-state index contributed by atoms with van der Waals surface area (Å²) in [6.45, 7) is 10.6. The molecule has 0 fully saturated rings. The van der Waals surface area contributed by atoms with Gasteiger partial charge in [0.05, 0.1) is 11.9 Å². The lowest BCUT2D eigenvalue weighted by Gasteiger charge is -2.13. The Kier molecular flexibility index (Phi) is 6.21. The number of nitrogen functional groups attached to an aromatic ring is 1. The van der Waals surface area contributed by atoms with Gasteiger partial charge in [-0.15, -0.1) is 0 Å². The predicted molar refractivity (Wildman–Crippen MR) is 122 cm³/mol. The van der Waals surface area contributed by atoms with Crippen molar-refractivity contribution in [1.29, 1.82) is 0 Å². The van der Waals surface area contributed by atoms with Gasteiger partial charge in [-0.25, -0.2) is 4.98 Å². The van der Waals surface area contributed by atoms with Gasteiger partial charge < -0.3 is 20.9 Å². The summed E-state index contributed by atoms with van der Waals surface area (Å²) in [4.78, 5) is 21.8. The van der Waals surface area contributed by atoms with Gasteiger partial charge in [-0.05, 0) is 25.5 Å². The summed E-state index contributed by atoms with van der Waals surface area (Å²) >= 11 is 1.22. The summed E-state index contributed by atoms with van der Waals surface area (Å²) in [5, 5.41) is 10.6. The van der Waals surface area contributed by atoms with E-state index < -0.39 is 0 Å². The van der Waals surface area contributed by atoms with Crippen LogP contribution >= 0.6 is 11.3 Å².